The Morgan fingerprint density at radius 1 is 1.15 bits per heavy atom. The van der Waals surface area contributed by atoms with Gasteiger partial charge in [0.1, 0.15) is 0 Å². The fraction of sp³-hybridized carbons (Fsp3) is 0.188. The molecule has 0 spiro atoms. The van der Waals surface area contributed by atoms with Crippen LogP contribution >= 0.6 is 34.2 Å². The third kappa shape index (κ3) is 3.15. The summed E-state index contributed by atoms with van der Waals surface area (Å²) in [7, 11) is 1.78. The maximum atomic E-state index is 12.5. The lowest BCUT2D eigenvalue weighted by Gasteiger charge is -2.20. The van der Waals surface area contributed by atoms with Gasteiger partial charge in [0.15, 0.2) is 0 Å². The summed E-state index contributed by atoms with van der Waals surface area (Å²) in [6, 6.07) is 11.4. The SMILES string of the molecule is Cc1ccc(N(C)C(=O)c2ccc(I)c(Cl)c2)c(C)c1. The third-order valence-corrected chi connectivity index (χ3v) is 4.76. The van der Waals surface area contributed by atoms with E-state index in [0.29, 0.717) is 10.6 Å². The largest absolute Gasteiger partial charge is 0.311 e. The van der Waals surface area contributed by atoms with E-state index in [2.05, 4.69) is 28.7 Å². The van der Waals surface area contributed by atoms with E-state index in [0.717, 1.165) is 14.8 Å². The molecule has 0 aliphatic rings. The molecule has 0 radical (unpaired) electrons. The monoisotopic (exact) mass is 399 g/mol. The average molecular weight is 400 g/mol. The van der Waals surface area contributed by atoms with E-state index in [-0.39, 0.29) is 5.91 Å². The predicted molar refractivity (Wildman–Crippen MR) is 92.8 cm³/mol. The molecule has 0 aromatic heterocycles. The van der Waals surface area contributed by atoms with Crippen molar-refractivity contribution >= 4 is 45.8 Å². The van der Waals surface area contributed by atoms with Crippen LogP contribution < -0.4 is 4.90 Å². The summed E-state index contributed by atoms with van der Waals surface area (Å²) in [6.07, 6.45) is 0. The first kappa shape index (κ1) is 15.3. The van der Waals surface area contributed by atoms with Crippen molar-refractivity contribution in [3.8, 4) is 0 Å². The number of nitrogens with zero attached hydrogens (tertiary/aromatic N) is 1. The first-order valence-corrected chi connectivity index (χ1v) is 7.66. The molecule has 20 heavy (non-hydrogen) atoms. The molecule has 104 valence electrons. The quantitative estimate of drug-likeness (QED) is 0.662. The second-order valence-electron chi connectivity index (χ2n) is 4.78. The van der Waals surface area contributed by atoms with Crippen molar-refractivity contribution in [3.63, 3.8) is 0 Å². The van der Waals surface area contributed by atoms with Gasteiger partial charge in [-0.2, -0.15) is 0 Å². The Kier molecular flexibility index (Phi) is 4.70. The molecular formula is C16H15ClINO. The second-order valence-corrected chi connectivity index (χ2v) is 6.35. The van der Waals surface area contributed by atoms with Gasteiger partial charge in [-0.05, 0) is 66.3 Å². The number of amides is 1. The van der Waals surface area contributed by atoms with Gasteiger partial charge in [-0.15, -0.1) is 0 Å². The molecule has 0 aliphatic heterocycles. The van der Waals surface area contributed by atoms with Gasteiger partial charge in [-0.1, -0.05) is 29.3 Å². The van der Waals surface area contributed by atoms with Gasteiger partial charge in [0.2, 0.25) is 0 Å². The van der Waals surface area contributed by atoms with Crippen LogP contribution in [-0.4, -0.2) is 13.0 Å². The van der Waals surface area contributed by atoms with Crippen molar-refractivity contribution in [2.45, 2.75) is 13.8 Å². The minimum absolute atomic E-state index is 0.0600. The number of carbonyl (C=O) groups is 1. The Morgan fingerprint density at radius 3 is 2.45 bits per heavy atom. The summed E-state index contributed by atoms with van der Waals surface area (Å²) in [6.45, 7) is 4.05. The molecule has 2 aromatic rings. The summed E-state index contributed by atoms with van der Waals surface area (Å²) in [5, 5.41) is 0.602. The first-order chi connectivity index (χ1) is 9.40. The molecule has 0 fully saturated rings. The summed E-state index contributed by atoms with van der Waals surface area (Å²) in [5.41, 5.74) is 3.77. The lowest BCUT2D eigenvalue weighted by molar-refractivity contribution is 0.0993. The maximum Gasteiger partial charge on any atom is 0.258 e. The number of halogens is 2. The number of hydrogen-bond acceptors (Lipinski definition) is 1. The Hall–Kier alpha value is -1.07. The van der Waals surface area contributed by atoms with E-state index in [9.17, 15) is 4.79 Å². The lowest BCUT2D eigenvalue weighted by Crippen LogP contribution is -2.26. The number of benzene rings is 2. The van der Waals surface area contributed by atoms with Crippen LogP contribution in [0.5, 0.6) is 0 Å². The maximum absolute atomic E-state index is 12.5. The van der Waals surface area contributed by atoms with Crippen LogP contribution in [0.3, 0.4) is 0 Å². The van der Waals surface area contributed by atoms with Gasteiger partial charge >= 0.3 is 0 Å². The molecule has 0 saturated carbocycles. The van der Waals surface area contributed by atoms with Gasteiger partial charge in [-0.25, -0.2) is 0 Å². The van der Waals surface area contributed by atoms with Crippen molar-refractivity contribution in [1.29, 1.82) is 0 Å². The van der Waals surface area contributed by atoms with Crippen LogP contribution in [0.4, 0.5) is 5.69 Å². The number of carbonyl (C=O) groups excluding carboxylic acids is 1. The summed E-state index contributed by atoms with van der Waals surface area (Å²) in [4.78, 5) is 14.2. The topological polar surface area (TPSA) is 20.3 Å². The van der Waals surface area contributed by atoms with Crippen molar-refractivity contribution in [1.82, 2.24) is 0 Å². The Morgan fingerprint density at radius 2 is 1.85 bits per heavy atom. The van der Waals surface area contributed by atoms with Crippen molar-refractivity contribution in [2.24, 2.45) is 0 Å². The zero-order valence-corrected chi connectivity index (χ0v) is 14.5. The first-order valence-electron chi connectivity index (χ1n) is 6.20. The molecule has 2 aromatic carbocycles. The fourth-order valence-electron chi connectivity index (χ4n) is 2.11. The number of rotatable bonds is 2. The normalized spacial score (nSPS) is 10.4. The molecule has 0 unspecified atom stereocenters. The average Bonchev–Trinajstić information content (AvgIpc) is 2.40. The fourth-order valence-corrected chi connectivity index (χ4v) is 2.63. The van der Waals surface area contributed by atoms with Crippen LogP contribution in [-0.2, 0) is 0 Å². The molecule has 2 nitrogen and oxygen atoms in total. The van der Waals surface area contributed by atoms with Crippen LogP contribution in [0.25, 0.3) is 0 Å². The highest BCUT2D eigenvalue weighted by Gasteiger charge is 2.16. The molecule has 0 N–H and O–H groups in total. The Balaban J connectivity index is 2.34. The molecule has 4 heteroatoms. The highest BCUT2D eigenvalue weighted by molar-refractivity contribution is 14.1. The van der Waals surface area contributed by atoms with Crippen molar-refractivity contribution in [2.75, 3.05) is 11.9 Å². The summed E-state index contributed by atoms with van der Waals surface area (Å²) in [5.74, 6) is -0.0600. The summed E-state index contributed by atoms with van der Waals surface area (Å²) >= 11 is 8.23. The number of anilines is 1. The molecule has 0 aliphatic carbocycles. The van der Waals surface area contributed by atoms with Crippen LogP contribution in [0, 0.1) is 17.4 Å². The van der Waals surface area contributed by atoms with Gasteiger partial charge in [-0.3, -0.25) is 4.79 Å². The molecule has 0 bridgehead atoms. The molecule has 0 atom stereocenters. The van der Waals surface area contributed by atoms with Crippen LogP contribution in [0.1, 0.15) is 21.5 Å². The highest BCUT2D eigenvalue weighted by atomic mass is 127. The van der Waals surface area contributed by atoms with Crippen LogP contribution in [0.15, 0.2) is 36.4 Å². The van der Waals surface area contributed by atoms with Crippen LogP contribution in [0.2, 0.25) is 5.02 Å². The van der Waals surface area contributed by atoms with E-state index in [4.69, 9.17) is 11.6 Å². The zero-order chi connectivity index (χ0) is 14.9. The number of aryl methyl sites for hydroxylation is 2. The standard InChI is InChI=1S/C16H15ClINO/c1-10-4-7-15(11(2)8-10)19(3)16(20)12-5-6-14(18)13(17)9-12/h4-9H,1-3H3. The van der Waals surface area contributed by atoms with E-state index in [1.165, 1.54) is 5.56 Å². The lowest BCUT2D eigenvalue weighted by atomic mass is 10.1. The van der Waals surface area contributed by atoms with Crippen molar-refractivity contribution in [3.05, 3.63) is 61.7 Å². The van der Waals surface area contributed by atoms with E-state index < -0.39 is 0 Å². The van der Waals surface area contributed by atoms with Gasteiger partial charge < -0.3 is 4.90 Å². The third-order valence-electron chi connectivity index (χ3n) is 3.18. The molecule has 0 saturated heterocycles. The minimum Gasteiger partial charge on any atom is -0.311 e. The highest BCUT2D eigenvalue weighted by Crippen LogP contribution is 2.24. The van der Waals surface area contributed by atoms with E-state index in [1.54, 1.807) is 24.1 Å². The van der Waals surface area contributed by atoms with Crippen molar-refractivity contribution < 1.29 is 4.79 Å². The van der Waals surface area contributed by atoms with Gasteiger partial charge in [0.25, 0.3) is 5.91 Å². The Labute approximate surface area is 137 Å². The molecule has 2 rings (SSSR count). The summed E-state index contributed by atoms with van der Waals surface area (Å²) < 4.78 is 0.940. The molecular weight excluding hydrogens is 385 g/mol. The van der Waals surface area contributed by atoms with E-state index in [1.807, 2.05) is 32.0 Å². The molecule has 1 amide bonds. The molecule has 0 heterocycles. The Bertz CT molecular complexity index is 670. The minimum atomic E-state index is -0.0600. The predicted octanol–water partition coefficient (Wildman–Crippen LogP) is 4.84. The van der Waals surface area contributed by atoms with Gasteiger partial charge in [0, 0.05) is 21.9 Å². The van der Waals surface area contributed by atoms with Gasteiger partial charge in [0.05, 0.1) is 5.02 Å². The second kappa shape index (κ2) is 6.14. The smallest absolute Gasteiger partial charge is 0.258 e. The van der Waals surface area contributed by atoms with E-state index >= 15 is 0 Å². The number of hydrogen-bond donors (Lipinski definition) is 0. The zero-order valence-electron chi connectivity index (χ0n) is 11.6.